The van der Waals surface area contributed by atoms with Gasteiger partial charge >= 0.3 is 11.9 Å². The van der Waals surface area contributed by atoms with Gasteiger partial charge < -0.3 is 24.1 Å². The average molecular weight is 527 g/mol. The number of carbonyl (C=O) groups is 2. The number of esters is 2. The molecule has 0 fully saturated rings. The van der Waals surface area contributed by atoms with E-state index in [1.807, 2.05) is 19.9 Å². The normalized spacial score (nSPS) is 11.6. The predicted molar refractivity (Wildman–Crippen MR) is 135 cm³/mol. The topological polar surface area (TPSA) is 137 Å². The summed E-state index contributed by atoms with van der Waals surface area (Å²) < 4.78 is 20.5. The van der Waals surface area contributed by atoms with Crippen LogP contribution in [0.2, 0.25) is 5.02 Å². The van der Waals surface area contributed by atoms with Crippen molar-refractivity contribution in [3.63, 3.8) is 0 Å². The number of rotatable bonds is 11. The van der Waals surface area contributed by atoms with Crippen LogP contribution < -0.4 is 10.1 Å². The Kier molecular flexibility index (Phi) is 9.60. The van der Waals surface area contributed by atoms with Gasteiger partial charge in [0.1, 0.15) is 17.9 Å². The lowest BCUT2D eigenvalue weighted by Crippen LogP contribution is -2.37. The van der Waals surface area contributed by atoms with Crippen molar-refractivity contribution >= 4 is 23.5 Å². The van der Waals surface area contributed by atoms with Gasteiger partial charge in [-0.15, -0.1) is 0 Å². The molecular formula is C26H27ClN4O6. The van der Waals surface area contributed by atoms with Crippen LogP contribution in [-0.2, 0) is 25.6 Å². The molecule has 0 saturated heterocycles. The van der Waals surface area contributed by atoms with E-state index in [-0.39, 0.29) is 30.7 Å². The molecule has 0 radical (unpaired) electrons. The van der Waals surface area contributed by atoms with Crippen molar-refractivity contribution in [2.75, 3.05) is 14.2 Å². The minimum atomic E-state index is -0.682. The molecule has 2 aromatic carbocycles. The van der Waals surface area contributed by atoms with Gasteiger partial charge in [0.2, 0.25) is 5.82 Å². The molecule has 1 heterocycles. The number of benzene rings is 2. The van der Waals surface area contributed by atoms with Crippen LogP contribution in [-0.4, -0.2) is 48.4 Å². The van der Waals surface area contributed by atoms with E-state index in [1.165, 1.54) is 14.2 Å². The molecule has 0 bridgehead atoms. The molecule has 11 heteroatoms. The Hall–Kier alpha value is -3.94. The summed E-state index contributed by atoms with van der Waals surface area (Å²) in [5, 5.41) is 17.0. The van der Waals surface area contributed by atoms with Crippen molar-refractivity contribution < 1.29 is 28.3 Å². The van der Waals surface area contributed by atoms with Crippen LogP contribution in [0.4, 0.5) is 0 Å². The number of hydrogen-bond donors (Lipinski definition) is 1. The largest absolute Gasteiger partial charge is 0.490 e. The van der Waals surface area contributed by atoms with Gasteiger partial charge in [0.15, 0.2) is 0 Å². The van der Waals surface area contributed by atoms with Crippen LogP contribution in [0.15, 0.2) is 40.9 Å². The Morgan fingerprint density at radius 3 is 2.59 bits per heavy atom. The number of nitriles is 1. The highest BCUT2D eigenvalue weighted by Gasteiger charge is 2.21. The van der Waals surface area contributed by atoms with Gasteiger partial charge in [-0.1, -0.05) is 22.8 Å². The Morgan fingerprint density at radius 2 is 1.95 bits per heavy atom. The average Bonchev–Trinajstić information content (AvgIpc) is 3.38. The van der Waals surface area contributed by atoms with Crippen LogP contribution in [0.3, 0.4) is 0 Å². The van der Waals surface area contributed by atoms with Crippen molar-refractivity contribution in [1.82, 2.24) is 15.5 Å². The monoisotopic (exact) mass is 526 g/mol. The maximum Gasteiger partial charge on any atom is 0.322 e. The molecule has 3 aromatic rings. The summed E-state index contributed by atoms with van der Waals surface area (Å²) in [6.45, 7) is 4.07. The third kappa shape index (κ3) is 7.29. The Balaban J connectivity index is 1.73. The molecule has 0 aliphatic heterocycles. The molecule has 0 unspecified atom stereocenters. The number of aromatic nitrogens is 2. The second-order valence-electron chi connectivity index (χ2n) is 8.30. The number of halogens is 1. The number of nitrogens with one attached hydrogen (secondary N) is 1. The SMILES string of the molecule is COC(=O)CC[C@H](NCc1ccc(-c2noc(-c3ccc(OC(C)C)c(C#N)c3)n2)c(Cl)c1)C(=O)OC. The van der Waals surface area contributed by atoms with Gasteiger partial charge in [0, 0.05) is 24.1 Å². The van der Waals surface area contributed by atoms with E-state index in [0.29, 0.717) is 34.0 Å². The van der Waals surface area contributed by atoms with Crippen LogP contribution in [0.25, 0.3) is 22.8 Å². The lowest BCUT2D eigenvalue weighted by atomic mass is 10.1. The van der Waals surface area contributed by atoms with Gasteiger partial charge in [-0.2, -0.15) is 10.2 Å². The van der Waals surface area contributed by atoms with Crippen LogP contribution in [0.5, 0.6) is 5.75 Å². The second-order valence-corrected chi connectivity index (χ2v) is 8.71. The zero-order valence-corrected chi connectivity index (χ0v) is 21.7. The van der Waals surface area contributed by atoms with Crippen molar-refractivity contribution in [3.8, 4) is 34.7 Å². The lowest BCUT2D eigenvalue weighted by molar-refractivity contribution is -0.144. The molecule has 10 nitrogen and oxygen atoms in total. The van der Waals surface area contributed by atoms with E-state index in [1.54, 1.807) is 30.3 Å². The number of nitrogens with zero attached hydrogens (tertiary/aromatic N) is 3. The molecule has 0 amide bonds. The third-order valence-corrected chi connectivity index (χ3v) is 5.63. The summed E-state index contributed by atoms with van der Waals surface area (Å²) in [6, 6.07) is 11.8. The number of hydrogen-bond acceptors (Lipinski definition) is 10. The molecule has 0 spiro atoms. The van der Waals surface area contributed by atoms with Crippen molar-refractivity contribution in [1.29, 1.82) is 5.26 Å². The minimum absolute atomic E-state index is 0.0699. The van der Waals surface area contributed by atoms with Crippen molar-refractivity contribution in [3.05, 3.63) is 52.5 Å². The minimum Gasteiger partial charge on any atom is -0.490 e. The third-order valence-electron chi connectivity index (χ3n) is 5.31. The first-order chi connectivity index (χ1) is 17.7. The summed E-state index contributed by atoms with van der Waals surface area (Å²) in [5.74, 6) is 0.107. The van der Waals surface area contributed by atoms with Gasteiger partial charge in [-0.3, -0.25) is 9.59 Å². The molecule has 3 rings (SSSR count). The van der Waals surface area contributed by atoms with E-state index >= 15 is 0 Å². The van der Waals surface area contributed by atoms with Gasteiger partial charge in [0.25, 0.3) is 5.89 Å². The van der Waals surface area contributed by atoms with Gasteiger partial charge in [-0.25, -0.2) is 0 Å². The van der Waals surface area contributed by atoms with E-state index < -0.39 is 18.0 Å². The predicted octanol–water partition coefficient (Wildman–Crippen LogP) is 4.30. The fourth-order valence-corrected chi connectivity index (χ4v) is 3.75. The number of methoxy groups -OCH3 is 2. The van der Waals surface area contributed by atoms with Crippen LogP contribution >= 0.6 is 11.6 Å². The van der Waals surface area contributed by atoms with E-state index in [4.69, 9.17) is 25.6 Å². The number of carbonyl (C=O) groups excluding carboxylic acids is 2. The molecular weight excluding hydrogens is 500 g/mol. The molecule has 0 aliphatic carbocycles. The quantitative estimate of drug-likeness (QED) is 0.360. The van der Waals surface area contributed by atoms with Crippen LogP contribution in [0, 0.1) is 11.3 Å². The molecule has 0 saturated carbocycles. The lowest BCUT2D eigenvalue weighted by Gasteiger charge is -2.16. The standard InChI is InChI=1S/C26H27ClN4O6/c1-15(2)36-22-9-6-17(12-18(22)13-28)25-30-24(31-37-25)19-7-5-16(11-20(19)27)14-29-21(26(33)35-4)8-10-23(32)34-3/h5-7,9,11-12,15,21,29H,8,10,14H2,1-4H3/t21-/m0/s1. The zero-order chi connectivity index (χ0) is 26.9. The van der Waals surface area contributed by atoms with Gasteiger partial charge in [0.05, 0.1) is 30.9 Å². The Labute approximate surface area is 219 Å². The summed E-state index contributed by atoms with van der Waals surface area (Å²) in [4.78, 5) is 27.9. The summed E-state index contributed by atoms with van der Waals surface area (Å²) in [5.41, 5.74) is 2.28. The summed E-state index contributed by atoms with van der Waals surface area (Å²) in [7, 11) is 2.58. The maximum atomic E-state index is 12.1. The first-order valence-electron chi connectivity index (χ1n) is 11.5. The summed E-state index contributed by atoms with van der Waals surface area (Å²) in [6.07, 6.45) is 0.237. The van der Waals surface area contributed by atoms with Crippen molar-refractivity contribution in [2.45, 2.75) is 45.4 Å². The van der Waals surface area contributed by atoms with Gasteiger partial charge in [-0.05, 0) is 56.2 Å². The molecule has 1 N–H and O–H groups in total. The second kappa shape index (κ2) is 12.9. The molecule has 1 aromatic heterocycles. The van der Waals surface area contributed by atoms with E-state index in [0.717, 1.165) is 5.56 Å². The number of ether oxygens (including phenoxy) is 3. The van der Waals surface area contributed by atoms with E-state index in [2.05, 4.69) is 26.3 Å². The fourth-order valence-electron chi connectivity index (χ4n) is 3.46. The molecule has 194 valence electrons. The molecule has 0 aliphatic rings. The highest BCUT2D eigenvalue weighted by molar-refractivity contribution is 6.33. The van der Waals surface area contributed by atoms with Crippen molar-refractivity contribution in [2.24, 2.45) is 0 Å². The zero-order valence-electron chi connectivity index (χ0n) is 20.9. The maximum absolute atomic E-state index is 12.1. The highest BCUT2D eigenvalue weighted by Crippen LogP contribution is 2.31. The Morgan fingerprint density at radius 1 is 1.16 bits per heavy atom. The molecule has 37 heavy (non-hydrogen) atoms. The van der Waals surface area contributed by atoms with E-state index in [9.17, 15) is 14.9 Å². The Bertz CT molecular complexity index is 1300. The van der Waals surface area contributed by atoms with Crippen LogP contribution in [0.1, 0.15) is 37.8 Å². The first kappa shape index (κ1) is 27.6. The smallest absolute Gasteiger partial charge is 0.322 e. The summed E-state index contributed by atoms with van der Waals surface area (Å²) >= 11 is 6.50. The first-order valence-corrected chi connectivity index (χ1v) is 11.8. The fraction of sp³-hybridized carbons (Fsp3) is 0.346. The highest BCUT2D eigenvalue weighted by atomic mass is 35.5. The molecule has 1 atom stereocenters.